The van der Waals surface area contributed by atoms with E-state index in [0.717, 1.165) is 6.42 Å². The maximum atomic E-state index is 8.99. The molecular formula is C24H29NO. The predicted octanol–water partition coefficient (Wildman–Crippen LogP) is 6.94. The monoisotopic (exact) mass is 347 g/mol. The van der Waals surface area contributed by atoms with Gasteiger partial charge in [-0.25, -0.2) is 0 Å². The van der Waals surface area contributed by atoms with Crippen LogP contribution in [0.4, 0.5) is 0 Å². The molecule has 2 heteroatoms. The van der Waals surface area contributed by atoms with Gasteiger partial charge in [0.1, 0.15) is 5.75 Å². The molecule has 0 bridgehead atoms. The number of phenols is 1. The first-order chi connectivity index (χ1) is 12.6. The second-order valence-electron chi connectivity index (χ2n) is 6.48. The maximum absolute atomic E-state index is 8.99. The molecule has 0 amide bonds. The number of fused-ring (bicyclic) bond motifs is 3. The molecular weight excluding hydrogens is 318 g/mol. The fraction of sp³-hybridized carbons (Fsp3) is 0.250. The summed E-state index contributed by atoms with van der Waals surface area (Å²) in [7, 11) is 0. The van der Waals surface area contributed by atoms with Gasteiger partial charge in [-0.2, -0.15) is 0 Å². The van der Waals surface area contributed by atoms with E-state index in [2.05, 4.69) is 67.4 Å². The number of aromatic hydroxyl groups is 1. The third-order valence-corrected chi connectivity index (χ3v) is 3.99. The first kappa shape index (κ1) is 19.6. The Morgan fingerprint density at radius 1 is 0.731 bits per heavy atom. The number of hydrogen-bond acceptors (Lipinski definition) is 1. The summed E-state index contributed by atoms with van der Waals surface area (Å²) in [6.45, 7) is 8.37. The second kappa shape index (κ2) is 9.67. The zero-order chi connectivity index (χ0) is 18.9. The molecule has 0 saturated heterocycles. The Kier molecular flexibility index (Phi) is 7.28. The van der Waals surface area contributed by atoms with Crippen LogP contribution in [0.3, 0.4) is 0 Å². The number of benzene rings is 3. The molecule has 4 rings (SSSR count). The van der Waals surface area contributed by atoms with Crippen molar-refractivity contribution < 1.29 is 5.11 Å². The summed E-state index contributed by atoms with van der Waals surface area (Å²) in [5, 5.41) is 11.6. The van der Waals surface area contributed by atoms with Crippen molar-refractivity contribution in [1.29, 1.82) is 0 Å². The van der Waals surface area contributed by atoms with Crippen LogP contribution in [0.5, 0.6) is 5.75 Å². The lowest BCUT2D eigenvalue weighted by atomic mass is 10.0. The highest BCUT2D eigenvalue weighted by Crippen LogP contribution is 2.24. The van der Waals surface area contributed by atoms with Gasteiger partial charge < -0.3 is 10.1 Å². The molecule has 0 aliphatic rings. The number of aromatic amines is 1. The number of para-hydroxylation sites is 2. The van der Waals surface area contributed by atoms with Gasteiger partial charge in [0.25, 0.3) is 0 Å². The van der Waals surface area contributed by atoms with Crippen LogP contribution < -0.4 is 0 Å². The van der Waals surface area contributed by atoms with Crippen LogP contribution in [0.1, 0.15) is 33.3 Å². The molecule has 0 saturated carbocycles. The number of nitrogens with one attached hydrogen (secondary N) is 1. The third-order valence-electron chi connectivity index (χ3n) is 3.99. The van der Waals surface area contributed by atoms with E-state index < -0.39 is 0 Å². The number of phenolic OH excluding ortho intramolecular Hbond substituents is 1. The minimum absolute atomic E-state index is 0.345. The van der Waals surface area contributed by atoms with Crippen molar-refractivity contribution in [3.05, 3.63) is 78.4 Å². The average Bonchev–Trinajstić information content (AvgIpc) is 3.04. The number of rotatable bonds is 2. The van der Waals surface area contributed by atoms with Crippen molar-refractivity contribution in [3.8, 4) is 5.75 Å². The smallest absolute Gasteiger partial charge is 0.115 e. The van der Waals surface area contributed by atoms with E-state index in [4.69, 9.17) is 5.11 Å². The highest BCUT2D eigenvalue weighted by molar-refractivity contribution is 6.06. The Labute approximate surface area is 156 Å². The summed E-state index contributed by atoms with van der Waals surface area (Å²) in [6, 6.07) is 24.2. The molecule has 2 N–H and O–H groups in total. The average molecular weight is 348 g/mol. The van der Waals surface area contributed by atoms with E-state index in [9.17, 15) is 0 Å². The van der Waals surface area contributed by atoms with Crippen LogP contribution in [-0.2, 0) is 6.42 Å². The Hall–Kier alpha value is -2.74. The van der Waals surface area contributed by atoms with Gasteiger partial charge in [-0.15, -0.1) is 0 Å². The quantitative estimate of drug-likeness (QED) is 0.405. The molecule has 0 radical (unpaired) electrons. The first-order valence-electron chi connectivity index (χ1n) is 9.37. The van der Waals surface area contributed by atoms with E-state index in [1.54, 1.807) is 12.1 Å². The van der Waals surface area contributed by atoms with E-state index in [-0.39, 0.29) is 0 Å². The number of hydrogen-bond donors (Lipinski definition) is 2. The van der Waals surface area contributed by atoms with Gasteiger partial charge in [-0.05, 0) is 42.2 Å². The van der Waals surface area contributed by atoms with Gasteiger partial charge in [-0.3, -0.25) is 0 Å². The van der Waals surface area contributed by atoms with Gasteiger partial charge >= 0.3 is 0 Å². The molecule has 136 valence electrons. The molecule has 0 spiro atoms. The molecule has 0 fully saturated rings. The molecule has 0 atom stereocenters. The first-order valence-corrected chi connectivity index (χ1v) is 9.37. The van der Waals surface area contributed by atoms with E-state index in [1.165, 1.54) is 27.4 Å². The van der Waals surface area contributed by atoms with Gasteiger partial charge in [0.15, 0.2) is 0 Å². The van der Waals surface area contributed by atoms with Crippen molar-refractivity contribution in [2.45, 2.75) is 34.1 Å². The lowest BCUT2D eigenvalue weighted by molar-refractivity contribution is 0.475. The van der Waals surface area contributed by atoms with Gasteiger partial charge in [-0.1, -0.05) is 76.2 Å². The van der Waals surface area contributed by atoms with Crippen molar-refractivity contribution in [2.24, 2.45) is 5.92 Å². The van der Waals surface area contributed by atoms with Gasteiger partial charge in [0.2, 0.25) is 0 Å². The topological polar surface area (TPSA) is 36.0 Å². The molecule has 0 aliphatic heterocycles. The number of aromatic nitrogens is 1. The molecule has 0 aliphatic carbocycles. The predicted molar refractivity (Wildman–Crippen MR) is 114 cm³/mol. The largest absolute Gasteiger partial charge is 0.508 e. The van der Waals surface area contributed by atoms with Crippen molar-refractivity contribution in [1.82, 2.24) is 4.98 Å². The lowest BCUT2D eigenvalue weighted by Gasteiger charge is -2.03. The fourth-order valence-electron chi connectivity index (χ4n) is 2.90. The Morgan fingerprint density at radius 2 is 1.19 bits per heavy atom. The van der Waals surface area contributed by atoms with Crippen molar-refractivity contribution >= 4 is 21.8 Å². The van der Waals surface area contributed by atoms with E-state index >= 15 is 0 Å². The molecule has 4 aromatic rings. The van der Waals surface area contributed by atoms with Crippen molar-refractivity contribution in [3.63, 3.8) is 0 Å². The Morgan fingerprint density at radius 3 is 1.65 bits per heavy atom. The van der Waals surface area contributed by atoms with E-state index in [1.807, 2.05) is 26.0 Å². The molecule has 0 unspecified atom stereocenters. The summed E-state index contributed by atoms with van der Waals surface area (Å²) in [5.74, 6) is 1.03. The minimum atomic E-state index is 0.345. The highest BCUT2D eigenvalue weighted by atomic mass is 16.3. The Balaban J connectivity index is 0.000000174. The summed E-state index contributed by atoms with van der Waals surface area (Å²) < 4.78 is 0. The summed E-state index contributed by atoms with van der Waals surface area (Å²) >= 11 is 0. The zero-order valence-corrected chi connectivity index (χ0v) is 16.2. The van der Waals surface area contributed by atoms with Crippen LogP contribution in [-0.4, -0.2) is 10.1 Å². The highest BCUT2D eigenvalue weighted by Gasteiger charge is 2.00. The number of H-pyrrole nitrogens is 1. The van der Waals surface area contributed by atoms with Crippen LogP contribution in [0.2, 0.25) is 0 Å². The molecule has 3 aromatic carbocycles. The summed E-state index contributed by atoms with van der Waals surface area (Å²) in [6.07, 6.45) is 1.08. The third kappa shape index (κ3) is 5.13. The Bertz CT molecular complexity index is 869. The van der Waals surface area contributed by atoms with Crippen LogP contribution in [0, 0.1) is 5.92 Å². The second-order valence-corrected chi connectivity index (χ2v) is 6.48. The zero-order valence-electron chi connectivity index (χ0n) is 16.2. The lowest BCUT2D eigenvalue weighted by Crippen LogP contribution is -1.92. The van der Waals surface area contributed by atoms with Crippen molar-refractivity contribution in [2.75, 3.05) is 0 Å². The summed E-state index contributed by atoms with van der Waals surface area (Å²) in [5.41, 5.74) is 3.71. The molecule has 26 heavy (non-hydrogen) atoms. The van der Waals surface area contributed by atoms with Gasteiger partial charge in [0, 0.05) is 21.8 Å². The normalized spacial score (nSPS) is 10.2. The SMILES string of the molecule is CC.CC(C)Cc1ccc(O)cc1.c1ccc2c(c1)[nH]c1ccccc12. The summed E-state index contributed by atoms with van der Waals surface area (Å²) in [4.78, 5) is 3.38. The van der Waals surface area contributed by atoms with E-state index in [0.29, 0.717) is 11.7 Å². The van der Waals surface area contributed by atoms with Gasteiger partial charge in [0.05, 0.1) is 0 Å². The molecule has 2 nitrogen and oxygen atoms in total. The minimum Gasteiger partial charge on any atom is -0.508 e. The van der Waals surface area contributed by atoms with Crippen LogP contribution in [0.25, 0.3) is 21.8 Å². The fourth-order valence-corrected chi connectivity index (χ4v) is 2.90. The van der Waals surface area contributed by atoms with Crippen LogP contribution in [0.15, 0.2) is 72.8 Å². The maximum Gasteiger partial charge on any atom is 0.115 e. The standard InChI is InChI=1S/C12H9N.C10H14O.C2H6/c1-3-7-11-9(5-1)10-6-2-4-8-12(10)13-11;1-8(2)7-9-3-5-10(11)6-4-9;1-2/h1-8,13H;3-6,8,11H,7H2,1-2H3;1-2H3. The molecule has 1 aromatic heterocycles. The molecule has 1 heterocycles. The van der Waals surface area contributed by atoms with Crippen LogP contribution >= 0.6 is 0 Å².